The van der Waals surface area contributed by atoms with Gasteiger partial charge in [-0.25, -0.2) is 0 Å². The number of hydrogen-bond donors (Lipinski definition) is 2. The lowest BCUT2D eigenvalue weighted by molar-refractivity contribution is 0.198. The van der Waals surface area contributed by atoms with E-state index in [0.29, 0.717) is 6.04 Å². The molecule has 1 aromatic carbocycles. The average molecular weight is 226 g/mol. The van der Waals surface area contributed by atoms with Crippen molar-refractivity contribution >= 4 is 11.6 Å². The van der Waals surface area contributed by atoms with Gasteiger partial charge in [-0.3, -0.25) is 0 Å². The molecule has 1 aliphatic rings. The van der Waals surface area contributed by atoms with E-state index in [4.69, 9.17) is 16.7 Å². The van der Waals surface area contributed by atoms with E-state index in [1.165, 1.54) is 12.0 Å². The molecule has 82 valence electrons. The highest BCUT2D eigenvalue weighted by Crippen LogP contribution is 2.26. The van der Waals surface area contributed by atoms with Crippen LogP contribution in [-0.2, 0) is 0 Å². The summed E-state index contributed by atoms with van der Waals surface area (Å²) in [6.07, 6.45) is 3.38. The van der Waals surface area contributed by atoms with Gasteiger partial charge in [0.1, 0.15) is 0 Å². The summed E-state index contributed by atoms with van der Waals surface area (Å²) in [4.78, 5) is 0. The number of hydrogen-bond acceptors (Lipinski definition) is 2. The van der Waals surface area contributed by atoms with E-state index in [9.17, 15) is 0 Å². The summed E-state index contributed by atoms with van der Waals surface area (Å²) in [5, 5.41) is 13.3. The van der Waals surface area contributed by atoms with Gasteiger partial charge in [0.2, 0.25) is 0 Å². The number of benzene rings is 1. The van der Waals surface area contributed by atoms with Gasteiger partial charge in [-0.05, 0) is 37.0 Å². The molecule has 15 heavy (non-hydrogen) atoms. The van der Waals surface area contributed by atoms with Gasteiger partial charge in [0.05, 0.1) is 6.61 Å². The average Bonchev–Trinajstić information content (AvgIpc) is 2.30. The fourth-order valence-electron chi connectivity index (χ4n) is 2.12. The monoisotopic (exact) mass is 225 g/mol. The first-order valence-corrected chi connectivity index (χ1v) is 5.80. The molecule has 2 nitrogen and oxygen atoms in total. The van der Waals surface area contributed by atoms with Gasteiger partial charge in [-0.2, -0.15) is 0 Å². The number of halogens is 1. The second-order valence-electron chi connectivity index (χ2n) is 4.08. The Hall–Kier alpha value is -0.570. The molecule has 1 fully saturated rings. The Morgan fingerprint density at radius 1 is 1.27 bits per heavy atom. The van der Waals surface area contributed by atoms with E-state index in [1.807, 2.05) is 12.1 Å². The number of nitrogens with one attached hydrogen (secondary N) is 1. The van der Waals surface area contributed by atoms with Crippen LogP contribution >= 0.6 is 11.6 Å². The molecule has 0 aromatic heterocycles. The van der Waals surface area contributed by atoms with Crippen molar-refractivity contribution in [3.63, 3.8) is 0 Å². The maximum atomic E-state index is 9.12. The molecule has 1 aromatic rings. The van der Waals surface area contributed by atoms with Gasteiger partial charge in [-0.15, -0.1) is 0 Å². The second-order valence-corrected chi connectivity index (χ2v) is 4.52. The van der Waals surface area contributed by atoms with Gasteiger partial charge in [0.25, 0.3) is 0 Å². The fourth-order valence-corrected chi connectivity index (χ4v) is 2.25. The number of aliphatic hydroxyl groups is 1. The van der Waals surface area contributed by atoms with E-state index < -0.39 is 0 Å². The van der Waals surface area contributed by atoms with Crippen molar-refractivity contribution in [1.82, 2.24) is 5.32 Å². The largest absolute Gasteiger partial charge is 0.395 e. The maximum absolute atomic E-state index is 9.12. The molecule has 1 aliphatic heterocycles. The SMILES string of the molecule is OCC1CCCC(c2ccc(Cl)cc2)N1. The first kappa shape index (κ1) is 10.9. The summed E-state index contributed by atoms with van der Waals surface area (Å²) < 4.78 is 0. The van der Waals surface area contributed by atoms with Crippen molar-refractivity contribution in [3.05, 3.63) is 34.9 Å². The highest BCUT2D eigenvalue weighted by Gasteiger charge is 2.21. The van der Waals surface area contributed by atoms with Gasteiger partial charge in [0.15, 0.2) is 0 Å². The zero-order valence-electron chi connectivity index (χ0n) is 8.62. The summed E-state index contributed by atoms with van der Waals surface area (Å²) in [6, 6.07) is 8.56. The van der Waals surface area contributed by atoms with Crippen LogP contribution < -0.4 is 5.32 Å². The van der Waals surface area contributed by atoms with Gasteiger partial charge in [-0.1, -0.05) is 23.7 Å². The molecule has 0 spiro atoms. The molecule has 0 bridgehead atoms. The van der Waals surface area contributed by atoms with Crippen molar-refractivity contribution in [2.45, 2.75) is 31.3 Å². The zero-order chi connectivity index (χ0) is 10.7. The standard InChI is InChI=1S/C12H16ClNO/c13-10-6-4-9(5-7-10)12-3-1-2-11(8-15)14-12/h4-7,11-12,14-15H,1-3,8H2. The fraction of sp³-hybridized carbons (Fsp3) is 0.500. The minimum atomic E-state index is 0.226. The Kier molecular flexibility index (Phi) is 3.62. The summed E-state index contributed by atoms with van der Waals surface area (Å²) >= 11 is 5.85. The highest BCUT2D eigenvalue weighted by atomic mass is 35.5. The zero-order valence-corrected chi connectivity index (χ0v) is 9.37. The van der Waals surface area contributed by atoms with Crippen LogP contribution in [0, 0.1) is 0 Å². The topological polar surface area (TPSA) is 32.3 Å². The Balaban J connectivity index is 2.06. The smallest absolute Gasteiger partial charge is 0.0584 e. The van der Waals surface area contributed by atoms with Crippen LogP contribution in [0.1, 0.15) is 30.9 Å². The minimum Gasteiger partial charge on any atom is -0.395 e. The maximum Gasteiger partial charge on any atom is 0.0584 e. The Morgan fingerprint density at radius 3 is 2.67 bits per heavy atom. The van der Waals surface area contributed by atoms with Gasteiger partial charge in [0, 0.05) is 17.1 Å². The van der Waals surface area contributed by atoms with Crippen molar-refractivity contribution in [1.29, 1.82) is 0 Å². The lowest BCUT2D eigenvalue weighted by Gasteiger charge is -2.30. The van der Waals surface area contributed by atoms with Gasteiger partial charge < -0.3 is 10.4 Å². The molecule has 0 aliphatic carbocycles. The third-order valence-corrected chi connectivity index (χ3v) is 3.23. The van der Waals surface area contributed by atoms with Crippen molar-refractivity contribution in [2.24, 2.45) is 0 Å². The second kappa shape index (κ2) is 4.97. The first-order chi connectivity index (χ1) is 7.29. The molecule has 0 amide bonds. The molecule has 1 saturated heterocycles. The van der Waals surface area contributed by atoms with E-state index in [-0.39, 0.29) is 12.6 Å². The molecule has 1 heterocycles. The Labute approximate surface area is 95.3 Å². The summed E-state index contributed by atoms with van der Waals surface area (Å²) in [6.45, 7) is 0.226. The van der Waals surface area contributed by atoms with E-state index in [0.717, 1.165) is 17.9 Å². The van der Waals surface area contributed by atoms with Crippen molar-refractivity contribution in [2.75, 3.05) is 6.61 Å². The Bertz CT molecular complexity index is 312. The van der Waals surface area contributed by atoms with Crippen LogP contribution in [0.5, 0.6) is 0 Å². The lowest BCUT2D eigenvalue weighted by atomic mass is 9.94. The summed E-state index contributed by atoms with van der Waals surface area (Å²) in [5.41, 5.74) is 1.26. The molecule has 0 radical (unpaired) electrons. The number of aliphatic hydroxyl groups excluding tert-OH is 1. The first-order valence-electron chi connectivity index (χ1n) is 5.42. The highest BCUT2D eigenvalue weighted by molar-refractivity contribution is 6.30. The molecule has 2 atom stereocenters. The van der Waals surface area contributed by atoms with E-state index in [2.05, 4.69) is 17.4 Å². The van der Waals surface area contributed by atoms with Crippen LogP contribution in [0.4, 0.5) is 0 Å². The van der Waals surface area contributed by atoms with Crippen molar-refractivity contribution < 1.29 is 5.11 Å². The van der Waals surface area contributed by atoms with Crippen LogP contribution in [0.25, 0.3) is 0 Å². The molecule has 2 N–H and O–H groups in total. The molecular formula is C12H16ClNO. The quantitative estimate of drug-likeness (QED) is 0.811. The predicted molar refractivity (Wildman–Crippen MR) is 62.1 cm³/mol. The number of piperidine rings is 1. The minimum absolute atomic E-state index is 0.226. The molecule has 3 heteroatoms. The predicted octanol–water partition coefficient (Wildman–Crippen LogP) is 2.52. The van der Waals surface area contributed by atoms with Gasteiger partial charge >= 0.3 is 0 Å². The third kappa shape index (κ3) is 2.71. The van der Waals surface area contributed by atoms with Crippen LogP contribution in [0.3, 0.4) is 0 Å². The normalized spacial score (nSPS) is 26.5. The summed E-state index contributed by atoms with van der Waals surface area (Å²) in [7, 11) is 0. The Morgan fingerprint density at radius 2 is 2.00 bits per heavy atom. The summed E-state index contributed by atoms with van der Waals surface area (Å²) in [5.74, 6) is 0. The molecule has 2 rings (SSSR count). The van der Waals surface area contributed by atoms with Crippen LogP contribution in [-0.4, -0.2) is 17.8 Å². The van der Waals surface area contributed by atoms with Crippen LogP contribution in [0.2, 0.25) is 5.02 Å². The van der Waals surface area contributed by atoms with Crippen molar-refractivity contribution in [3.8, 4) is 0 Å². The third-order valence-electron chi connectivity index (χ3n) is 2.98. The molecule has 2 unspecified atom stereocenters. The number of rotatable bonds is 2. The molecular weight excluding hydrogens is 210 g/mol. The lowest BCUT2D eigenvalue weighted by Crippen LogP contribution is -2.39. The van der Waals surface area contributed by atoms with Crippen LogP contribution in [0.15, 0.2) is 24.3 Å². The molecule has 0 saturated carbocycles. The van der Waals surface area contributed by atoms with E-state index >= 15 is 0 Å². The van der Waals surface area contributed by atoms with E-state index in [1.54, 1.807) is 0 Å².